The second-order valence-electron chi connectivity index (χ2n) is 5.56. The van der Waals surface area contributed by atoms with Crippen molar-refractivity contribution in [1.82, 2.24) is 9.62 Å². The van der Waals surface area contributed by atoms with Crippen LogP contribution in [-0.2, 0) is 10.0 Å². The first-order chi connectivity index (χ1) is 10.6. The maximum Gasteiger partial charge on any atom is 0.243 e. The summed E-state index contributed by atoms with van der Waals surface area (Å²) in [5, 5.41) is 3.29. The Hall–Kier alpha value is -1.69. The van der Waals surface area contributed by atoms with E-state index < -0.39 is 10.0 Å². The first-order valence-electron chi connectivity index (χ1n) is 7.43. The van der Waals surface area contributed by atoms with Crippen molar-refractivity contribution >= 4 is 10.0 Å². The molecule has 3 rings (SSSR count). The molecule has 0 aliphatic carbocycles. The van der Waals surface area contributed by atoms with Crippen LogP contribution in [0.2, 0.25) is 0 Å². The number of sulfonamides is 1. The van der Waals surface area contributed by atoms with Gasteiger partial charge in [-0.05, 0) is 24.6 Å². The number of hydrogen-bond acceptors (Lipinski definition) is 3. The van der Waals surface area contributed by atoms with E-state index in [1.165, 1.54) is 0 Å². The monoisotopic (exact) mass is 316 g/mol. The van der Waals surface area contributed by atoms with Gasteiger partial charge in [-0.1, -0.05) is 48.0 Å². The molecule has 1 heterocycles. The summed E-state index contributed by atoms with van der Waals surface area (Å²) in [6.07, 6.45) is 0. The molecule has 0 spiro atoms. The van der Waals surface area contributed by atoms with E-state index >= 15 is 0 Å². The fraction of sp³-hybridized carbons (Fsp3) is 0.294. The molecule has 0 aromatic heterocycles. The zero-order valence-corrected chi connectivity index (χ0v) is 13.4. The molecule has 4 nitrogen and oxygen atoms in total. The Bertz CT molecular complexity index is 727. The van der Waals surface area contributed by atoms with E-state index in [1.807, 2.05) is 49.4 Å². The number of aryl methyl sites for hydroxylation is 1. The number of nitrogens with one attached hydrogen (secondary N) is 1. The normalized spacial score (nSPS) is 20.0. The van der Waals surface area contributed by atoms with Gasteiger partial charge in [0, 0.05) is 19.6 Å². The lowest BCUT2D eigenvalue weighted by Crippen LogP contribution is -2.48. The summed E-state index contributed by atoms with van der Waals surface area (Å²) >= 11 is 0. The van der Waals surface area contributed by atoms with Crippen molar-refractivity contribution in [2.75, 3.05) is 19.6 Å². The SMILES string of the molecule is Cc1ccc(S(=O)(=O)N2CCNC[C@H]2c2ccccc2)cc1. The highest BCUT2D eigenvalue weighted by molar-refractivity contribution is 7.89. The minimum atomic E-state index is -3.48. The quantitative estimate of drug-likeness (QED) is 0.945. The van der Waals surface area contributed by atoms with E-state index in [0.717, 1.165) is 11.1 Å². The summed E-state index contributed by atoms with van der Waals surface area (Å²) in [5.41, 5.74) is 2.07. The molecule has 22 heavy (non-hydrogen) atoms. The van der Waals surface area contributed by atoms with Gasteiger partial charge in [0.15, 0.2) is 0 Å². The topological polar surface area (TPSA) is 49.4 Å². The van der Waals surface area contributed by atoms with E-state index in [1.54, 1.807) is 16.4 Å². The molecule has 116 valence electrons. The Morgan fingerprint density at radius 2 is 1.73 bits per heavy atom. The van der Waals surface area contributed by atoms with E-state index in [2.05, 4.69) is 5.32 Å². The second-order valence-corrected chi connectivity index (χ2v) is 7.45. The standard InChI is InChI=1S/C17H20N2O2S/c1-14-7-9-16(10-8-14)22(20,21)19-12-11-18-13-17(19)15-5-3-2-4-6-15/h2-10,17-18H,11-13H2,1H3/t17-/m0/s1. The fourth-order valence-electron chi connectivity index (χ4n) is 2.78. The predicted molar refractivity (Wildman–Crippen MR) is 87.1 cm³/mol. The summed E-state index contributed by atoms with van der Waals surface area (Å²) in [6.45, 7) is 3.74. The zero-order chi connectivity index (χ0) is 15.6. The first-order valence-corrected chi connectivity index (χ1v) is 8.87. The number of benzene rings is 2. The van der Waals surface area contributed by atoms with Crippen molar-refractivity contribution in [3.8, 4) is 0 Å². The predicted octanol–water partition coefficient (Wildman–Crippen LogP) is 2.33. The molecule has 0 radical (unpaired) electrons. The molecule has 0 saturated carbocycles. The summed E-state index contributed by atoms with van der Waals surface area (Å²) in [7, 11) is -3.48. The molecular weight excluding hydrogens is 296 g/mol. The van der Waals surface area contributed by atoms with Gasteiger partial charge in [0.2, 0.25) is 10.0 Å². The Kier molecular flexibility index (Phi) is 4.29. The summed E-state index contributed by atoms with van der Waals surface area (Å²) < 4.78 is 27.6. The smallest absolute Gasteiger partial charge is 0.243 e. The molecule has 1 N–H and O–H groups in total. The fourth-order valence-corrected chi connectivity index (χ4v) is 4.39. The molecule has 5 heteroatoms. The Morgan fingerprint density at radius 3 is 2.41 bits per heavy atom. The summed E-state index contributed by atoms with van der Waals surface area (Å²) in [5.74, 6) is 0. The van der Waals surface area contributed by atoms with Crippen molar-refractivity contribution in [1.29, 1.82) is 0 Å². The molecule has 0 unspecified atom stereocenters. The van der Waals surface area contributed by atoms with Crippen molar-refractivity contribution in [3.05, 3.63) is 65.7 Å². The van der Waals surface area contributed by atoms with E-state index in [-0.39, 0.29) is 6.04 Å². The Labute approximate surface area is 131 Å². The number of hydrogen-bond donors (Lipinski definition) is 1. The van der Waals surface area contributed by atoms with E-state index in [4.69, 9.17) is 0 Å². The average molecular weight is 316 g/mol. The van der Waals surface area contributed by atoms with Crippen LogP contribution in [0.1, 0.15) is 17.2 Å². The van der Waals surface area contributed by atoms with Crippen LogP contribution in [0.15, 0.2) is 59.5 Å². The van der Waals surface area contributed by atoms with Crippen LogP contribution in [0.4, 0.5) is 0 Å². The maximum atomic E-state index is 13.0. The Balaban J connectivity index is 1.98. The van der Waals surface area contributed by atoms with Crippen molar-refractivity contribution in [2.24, 2.45) is 0 Å². The van der Waals surface area contributed by atoms with Crippen LogP contribution < -0.4 is 5.32 Å². The van der Waals surface area contributed by atoms with Gasteiger partial charge in [-0.25, -0.2) is 8.42 Å². The van der Waals surface area contributed by atoms with Gasteiger partial charge in [-0.15, -0.1) is 0 Å². The maximum absolute atomic E-state index is 13.0. The Morgan fingerprint density at radius 1 is 1.05 bits per heavy atom. The molecule has 2 aromatic rings. The minimum Gasteiger partial charge on any atom is -0.313 e. The molecule has 1 aliphatic heterocycles. The van der Waals surface area contributed by atoms with Gasteiger partial charge >= 0.3 is 0 Å². The van der Waals surface area contributed by atoms with Crippen LogP contribution >= 0.6 is 0 Å². The molecule has 0 bridgehead atoms. The van der Waals surface area contributed by atoms with Gasteiger partial charge < -0.3 is 5.32 Å². The minimum absolute atomic E-state index is 0.166. The first kappa shape index (κ1) is 15.2. The third kappa shape index (κ3) is 2.92. The lowest BCUT2D eigenvalue weighted by Gasteiger charge is -2.35. The molecule has 1 saturated heterocycles. The van der Waals surface area contributed by atoms with Crippen LogP contribution in [0, 0.1) is 6.92 Å². The van der Waals surface area contributed by atoms with Gasteiger partial charge in [0.1, 0.15) is 0 Å². The van der Waals surface area contributed by atoms with Crippen LogP contribution in [0.5, 0.6) is 0 Å². The molecule has 1 atom stereocenters. The van der Waals surface area contributed by atoms with E-state index in [9.17, 15) is 8.42 Å². The highest BCUT2D eigenvalue weighted by Gasteiger charge is 2.34. The molecule has 1 fully saturated rings. The number of nitrogens with zero attached hydrogens (tertiary/aromatic N) is 1. The summed E-state index contributed by atoms with van der Waals surface area (Å²) in [6, 6.07) is 16.7. The molecule has 2 aromatic carbocycles. The molecule has 0 amide bonds. The van der Waals surface area contributed by atoms with Gasteiger partial charge in [-0.3, -0.25) is 0 Å². The van der Waals surface area contributed by atoms with Crippen molar-refractivity contribution in [3.63, 3.8) is 0 Å². The highest BCUT2D eigenvalue weighted by atomic mass is 32.2. The highest BCUT2D eigenvalue weighted by Crippen LogP contribution is 2.28. The molecule has 1 aliphatic rings. The van der Waals surface area contributed by atoms with Gasteiger partial charge in [0.05, 0.1) is 10.9 Å². The lowest BCUT2D eigenvalue weighted by molar-refractivity contribution is 0.271. The van der Waals surface area contributed by atoms with Crippen molar-refractivity contribution in [2.45, 2.75) is 17.9 Å². The third-order valence-electron chi connectivity index (χ3n) is 4.01. The third-order valence-corrected chi connectivity index (χ3v) is 5.93. The second kappa shape index (κ2) is 6.20. The van der Waals surface area contributed by atoms with E-state index in [0.29, 0.717) is 24.5 Å². The van der Waals surface area contributed by atoms with Crippen molar-refractivity contribution < 1.29 is 8.42 Å². The van der Waals surface area contributed by atoms with Crippen LogP contribution in [0.3, 0.4) is 0 Å². The molecular formula is C17H20N2O2S. The van der Waals surface area contributed by atoms with Crippen LogP contribution in [-0.4, -0.2) is 32.4 Å². The largest absolute Gasteiger partial charge is 0.313 e. The number of rotatable bonds is 3. The van der Waals surface area contributed by atoms with Gasteiger partial charge in [-0.2, -0.15) is 4.31 Å². The number of piperazine rings is 1. The lowest BCUT2D eigenvalue weighted by atomic mass is 10.1. The van der Waals surface area contributed by atoms with Gasteiger partial charge in [0.25, 0.3) is 0 Å². The summed E-state index contributed by atoms with van der Waals surface area (Å²) in [4.78, 5) is 0.362. The van der Waals surface area contributed by atoms with Crippen LogP contribution in [0.25, 0.3) is 0 Å². The average Bonchev–Trinajstić information content (AvgIpc) is 2.56. The zero-order valence-electron chi connectivity index (χ0n) is 12.6.